The summed E-state index contributed by atoms with van der Waals surface area (Å²) in [4.78, 5) is 4.07. The molecule has 5 aromatic rings. The van der Waals surface area contributed by atoms with Crippen LogP contribution in [0.1, 0.15) is 11.1 Å². The molecule has 1 aromatic heterocycles. The van der Waals surface area contributed by atoms with E-state index in [1.807, 2.05) is 24.5 Å². The number of nitrogens with zero attached hydrogens (tertiary/aromatic N) is 1. The zero-order valence-corrected chi connectivity index (χ0v) is 13.1. The van der Waals surface area contributed by atoms with Crippen molar-refractivity contribution in [1.82, 2.24) is 4.98 Å². The molecule has 0 unspecified atom stereocenters. The third kappa shape index (κ3) is 1.99. The van der Waals surface area contributed by atoms with Gasteiger partial charge in [0.25, 0.3) is 0 Å². The largest absolute Gasteiger partial charge is 0.265 e. The first-order valence-electron chi connectivity index (χ1n) is 8.15. The fourth-order valence-electron chi connectivity index (χ4n) is 3.56. The second-order valence-electron chi connectivity index (χ2n) is 6.12. The van der Waals surface area contributed by atoms with Crippen molar-refractivity contribution in [2.75, 3.05) is 0 Å². The second-order valence-corrected chi connectivity index (χ2v) is 6.12. The third-order valence-electron chi connectivity index (χ3n) is 4.72. The molecule has 24 heavy (non-hydrogen) atoms. The smallest absolute Gasteiger partial charge is 0.0273 e. The minimum atomic E-state index is 1.16. The normalized spacial score (nSPS) is 12.0. The van der Waals surface area contributed by atoms with Crippen molar-refractivity contribution >= 4 is 44.5 Å². The van der Waals surface area contributed by atoms with Crippen LogP contribution in [0.4, 0.5) is 0 Å². The van der Waals surface area contributed by atoms with Crippen LogP contribution >= 0.6 is 0 Å². The average molecular weight is 305 g/mol. The lowest BCUT2D eigenvalue weighted by Gasteiger charge is -2.12. The molecule has 1 heterocycles. The summed E-state index contributed by atoms with van der Waals surface area (Å²) in [5, 5.41) is 7.95. The van der Waals surface area contributed by atoms with Crippen LogP contribution in [0.25, 0.3) is 44.5 Å². The van der Waals surface area contributed by atoms with Crippen molar-refractivity contribution in [2.45, 2.75) is 0 Å². The highest BCUT2D eigenvalue weighted by Gasteiger charge is 2.09. The number of hydrogen-bond acceptors (Lipinski definition) is 1. The second kappa shape index (κ2) is 5.17. The minimum absolute atomic E-state index is 1.16. The molecule has 0 aliphatic carbocycles. The lowest BCUT2D eigenvalue weighted by Crippen LogP contribution is -1.86. The maximum Gasteiger partial charge on any atom is 0.0273 e. The van der Waals surface area contributed by atoms with Crippen LogP contribution < -0.4 is 0 Å². The van der Waals surface area contributed by atoms with Gasteiger partial charge in [-0.1, -0.05) is 66.7 Å². The molecule has 112 valence electrons. The molecule has 0 bridgehead atoms. The zero-order valence-electron chi connectivity index (χ0n) is 13.1. The van der Waals surface area contributed by atoms with E-state index < -0.39 is 0 Å². The number of benzene rings is 4. The Morgan fingerprint density at radius 3 is 2.04 bits per heavy atom. The number of rotatable bonds is 2. The van der Waals surface area contributed by atoms with Crippen molar-refractivity contribution in [2.24, 2.45) is 0 Å². The molecule has 1 nitrogen and oxygen atoms in total. The van der Waals surface area contributed by atoms with Crippen LogP contribution in [0.2, 0.25) is 0 Å². The van der Waals surface area contributed by atoms with Gasteiger partial charge in [0.05, 0.1) is 0 Å². The lowest BCUT2D eigenvalue weighted by atomic mass is 9.92. The summed E-state index contributed by atoms with van der Waals surface area (Å²) in [6, 6.07) is 23.9. The molecule has 0 fully saturated rings. The van der Waals surface area contributed by atoms with E-state index in [2.05, 4.69) is 71.7 Å². The van der Waals surface area contributed by atoms with Crippen molar-refractivity contribution in [3.63, 3.8) is 0 Å². The average Bonchev–Trinajstić information content (AvgIpc) is 2.66. The monoisotopic (exact) mass is 305 g/mol. The Morgan fingerprint density at radius 1 is 0.583 bits per heavy atom. The Morgan fingerprint density at radius 2 is 1.25 bits per heavy atom. The highest BCUT2D eigenvalue weighted by Crippen LogP contribution is 2.36. The van der Waals surface area contributed by atoms with Gasteiger partial charge >= 0.3 is 0 Å². The van der Waals surface area contributed by atoms with Crippen LogP contribution in [-0.2, 0) is 0 Å². The molecular weight excluding hydrogens is 290 g/mol. The molecule has 0 saturated carbocycles. The van der Waals surface area contributed by atoms with Gasteiger partial charge in [-0.15, -0.1) is 0 Å². The van der Waals surface area contributed by atoms with Crippen LogP contribution in [0.15, 0.2) is 79.1 Å². The Bertz CT molecular complexity index is 1170. The molecule has 0 atom stereocenters. The summed E-state index contributed by atoms with van der Waals surface area (Å²) >= 11 is 0. The van der Waals surface area contributed by atoms with E-state index in [0.29, 0.717) is 0 Å². The Hall–Kier alpha value is -3.19. The summed E-state index contributed by atoms with van der Waals surface area (Å²) in [5.41, 5.74) is 2.41. The van der Waals surface area contributed by atoms with Gasteiger partial charge in [0, 0.05) is 12.4 Å². The van der Waals surface area contributed by atoms with Crippen molar-refractivity contribution < 1.29 is 0 Å². The van der Waals surface area contributed by atoms with E-state index in [1.54, 1.807) is 0 Å². The molecule has 1 heteroatoms. The summed E-state index contributed by atoms with van der Waals surface area (Å²) in [6.45, 7) is 0. The maximum atomic E-state index is 4.07. The van der Waals surface area contributed by atoms with Gasteiger partial charge in [0.1, 0.15) is 0 Å². The topological polar surface area (TPSA) is 12.9 Å². The van der Waals surface area contributed by atoms with E-state index in [4.69, 9.17) is 0 Å². The Labute approximate surface area is 140 Å². The molecule has 0 N–H and O–H groups in total. The lowest BCUT2D eigenvalue weighted by molar-refractivity contribution is 1.32. The predicted octanol–water partition coefficient (Wildman–Crippen LogP) is 6.15. The summed E-state index contributed by atoms with van der Waals surface area (Å²) in [5.74, 6) is 0. The van der Waals surface area contributed by atoms with Crippen molar-refractivity contribution in [3.05, 3.63) is 90.3 Å². The van der Waals surface area contributed by atoms with Crippen LogP contribution in [0, 0.1) is 0 Å². The first-order chi connectivity index (χ1) is 11.9. The molecule has 0 spiro atoms. The van der Waals surface area contributed by atoms with Crippen molar-refractivity contribution in [3.8, 4) is 0 Å². The number of hydrogen-bond donors (Lipinski definition) is 0. The molecule has 0 aliphatic rings. The predicted molar refractivity (Wildman–Crippen MR) is 103 cm³/mol. The Kier molecular flexibility index (Phi) is 2.86. The quantitative estimate of drug-likeness (QED) is 0.356. The van der Waals surface area contributed by atoms with E-state index in [1.165, 1.54) is 37.9 Å². The zero-order chi connectivity index (χ0) is 15.9. The molecule has 0 radical (unpaired) electrons. The first kappa shape index (κ1) is 13.3. The number of pyridine rings is 1. The van der Waals surface area contributed by atoms with E-state index in [0.717, 1.165) is 5.56 Å². The molecule has 0 amide bonds. The molecule has 0 aliphatic heterocycles. The summed E-state index contributed by atoms with van der Waals surface area (Å²) < 4.78 is 0. The maximum absolute atomic E-state index is 4.07. The molecular formula is C23H15N. The minimum Gasteiger partial charge on any atom is -0.265 e. The highest BCUT2D eigenvalue weighted by atomic mass is 14.6. The van der Waals surface area contributed by atoms with Crippen LogP contribution in [0.5, 0.6) is 0 Å². The van der Waals surface area contributed by atoms with Gasteiger partial charge in [-0.2, -0.15) is 0 Å². The molecule has 5 rings (SSSR count). The van der Waals surface area contributed by atoms with Gasteiger partial charge in [0.15, 0.2) is 0 Å². The fraction of sp³-hybridized carbons (Fsp3) is 0. The van der Waals surface area contributed by atoms with Gasteiger partial charge in [-0.05, 0) is 55.6 Å². The van der Waals surface area contributed by atoms with Gasteiger partial charge in [-0.25, -0.2) is 0 Å². The first-order valence-corrected chi connectivity index (χ1v) is 8.15. The highest BCUT2D eigenvalue weighted by molar-refractivity contribution is 6.24. The molecule has 4 aromatic carbocycles. The Balaban J connectivity index is 1.80. The van der Waals surface area contributed by atoms with Crippen LogP contribution in [0.3, 0.4) is 0 Å². The van der Waals surface area contributed by atoms with Gasteiger partial charge in [0.2, 0.25) is 0 Å². The summed E-state index contributed by atoms with van der Waals surface area (Å²) in [6.07, 6.45) is 7.99. The number of aromatic nitrogens is 1. The standard InChI is InChI=1S/C23H15N/c1-2-18-8-9-20-7-6-17(5-4-16-12-14-24-15-13-16)21-11-10-19(3-1)22(18)23(20)21/h1-15H/b5-4+. The van der Waals surface area contributed by atoms with E-state index in [9.17, 15) is 0 Å². The third-order valence-corrected chi connectivity index (χ3v) is 4.72. The van der Waals surface area contributed by atoms with Gasteiger partial charge < -0.3 is 0 Å². The van der Waals surface area contributed by atoms with E-state index >= 15 is 0 Å². The van der Waals surface area contributed by atoms with Crippen molar-refractivity contribution in [1.29, 1.82) is 0 Å². The molecule has 0 saturated heterocycles. The van der Waals surface area contributed by atoms with E-state index in [-0.39, 0.29) is 0 Å². The fourth-order valence-corrected chi connectivity index (χ4v) is 3.56. The van der Waals surface area contributed by atoms with Crippen LogP contribution in [-0.4, -0.2) is 4.98 Å². The SMILES string of the molecule is C(=C\c1ccc2ccc3cccc4ccc1c2c34)/c1ccncc1. The van der Waals surface area contributed by atoms with Gasteiger partial charge in [-0.3, -0.25) is 4.98 Å². The summed E-state index contributed by atoms with van der Waals surface area (Å²) in [7, 11) is 0.